The second kappa shape index (κ2) is 4.93. The molecule has 15 heavy (non-hydrogen) atoms. The Kier molecular flexibility index (Phi) is 3.85. The number of carboxylic acids is 1. The van der Waals surface area contributed by atoms with Gasteiger partial charge in [0, 0.05) is 18.8 Å². The van der Waals surface area contributed by atoms with Crippen molar-refractivity contribution in [1.29, 1.82) is 0 Å². The zero-order valence-electron chi connectivity index (χ0n) is 9.32. The number of carboxylic acid groups (broad SMARTS) is 1. The van der Waals surface area contributed by atoms with Gasteiger partial charge in [-0.3, -0.25) is 0 Å². The van der Waals surface area contributed by atoms with E-state index >= 15 is 0 Å². The van der Waals surface area contributed by atoms with Crippen molar-refractivity contribution in [2.45, 2.75) is 39.9 Å². The minimum atomic E-state index is -0.979. The molecule has 0 fully saturated rings. The Balaban J connectivity index is 2.81. The molecule has 2 N–H and O–H groups in total. The smallest absolute Gasteiger partial charge is 0.356 e. The van der Waals surface area contributed by atoms with E-state index in [9.17, 15) is 4.79 Å². The zero-order valence-corrected chi connectivity index (χ0v) is 9.32. The summed E-state index contributed by atoms with van der Waals surface area (Å²) in [5, 5.41) is 12.0. The molecule has 0 aliphatic heterocycles. The molecule has 0 atom stereocenters. The normalized spacial score (nSPS) is 10.9. The van der Waals surface area contributed by atoms with E-state index in [1.165, 1.54) is 0 Å². The maximum atomic E-state index is 10.7. The predicted molar refractivity (Wildman–Crippen MR) is 56.8 cm³/mol. The highest BCUT2D eigenvalue weighted by molar-refractivity contribution is 5.85. The molecule has 84 valence electrons. The van der Waals surface area contributed by atoms with Crippen molar-refractivity contribution in [2.75, 3.05) is 0 Å². The van der Waals surface area contributed by atoms with Crippen LogP contribution < -0.4 is 5.32 Å². The lowest BCUT2D eigenvalue weighted by atomic mass is 10.4. The van der Waals surface area contributed by atoms with E-state index in [0.717, 1.165) is 12.4 Å². The van der Waals surface area contributed by atoms with Crippen LogP contribution in [0.4, 0.5) is 0 Å². The molecule has 1 aromatic rings. The third kappa shape index (κ3) is 3.06. The van der Waals surface area contributed by atoms with Crippen molar-refractivity contribution in [2.24, 2.45) is 0 Å². The van der Waals surface area contributed by atoms with E-state index < -0.39 is 5.97 Å². The van der Waals surface area contributed by atoms with Crippen LogP contribution >= 0.6 is 0 Å². The van der Waals surface area contributed by atoms with Gasteiger partial charge >= 0.3 is 5.97 Å². The van der Waals surface area contributed by atoms with Gasteiger partial charge in [0.05, 0.1) is 6.54 Å². The molecule has 0 unspecified atom stereocenters. The average molecular weight is 211 g/mol. The molecule has 0 saturated carbocycles. The van der Waals surface area contributed by atoms with Crippen LogP contribution in [0.2, 0.25) is 0 Å². The first kappa shape index (κ1) is 11.7. The number of nitrogens with one attached hydrogen (secondary N) is 1. The fourth-order valence-corrected chi connectivity index (χ4v) is 1.27. The van der Waals surface area contributed by atoms with Gasteiger partial charge in [-0.25, -0.2) is 9.78 Å². The van der Waals surface area contributed by atoms with Crippen molar-refractivity contribution >= 4 is 5.97 Å². The van der Waals surface area contributed by atoms with Crippen molar-refractivity contribution < 1.29 is 9.90 Å². The Morgan fingerprint density at radius 1 is 1.67 bits per heavy atom. The Hall–Kier alpha value is -1.36. The summed E-state index contributed by atoms with van der Waals surface area (Å²) < 4.78 is 1.85. The van der Waals surface area contributed by atoms with E-state index in [1.54, 1.807) is 6.20 Å². The Morgan fingerprint density at radius 3 is 2.80 bits per heavy atom. The highest BCUT2D eigenvalue weighted by Crippen LogP contribution is 2.04. The Morgan fingerprint density at radius 2 is 2.33 bits per heavy atom. The van der Waals surface area contributed by atoms with Crippen LogP contribution in [-0.2, 0) is 13.1 Å². The summed E-state index contributed by atoms with van der Waals surface area (Å²) in [4.78, 5) is 14.8. The molecule has 0 amide bonds. The third-order valence-electron chi connectivity index (χ3n) is 2.09. The minimum absolute atomic E-state index is 0.109. The highest BCUT2D eigenvalue weighted by atomic mass is 16.4. The topological polar surface area (TPSA) is 67.2 Å². The third-order valence-corrected chi connectivity index (χ3v) is 2.09. The molecule has 0 aliphatic rings. The molecule has 5 nitrogen and oxygen atoms in total. The summed E-state index contributed by atoms with van der Waals surface area (Å²) in [5.41, 5.74) is 0.109. The predicted octanol–water partition coefficient (Wildman–Crippen LogP) is 1.10. The highest BCUT2D eigenvalue weighted by Gasteiger charge is 2.11. The standard InChI is InChI=1S/C10H17N3O2/c1-4-13-6-8(10(14)15)12-9(13)5-11-7(2)3/h6-7,11H,4-5H2,1-3H3,(H,14,15). The summed E-state index contributed by atoms with van der Waals surface area (Å²) in [6, 6.07) is 0.361. The largest absolute Gasteiger partial charge is 0.476 e. The number of nitrogens with zero attached hydrogens (tertiary/aromatic N) is 2. The van der Waals surface area contributed by atoms with Crippen LogP contribution in [0.1, 0.15) is 37.1 Å². The average Bonchev–Trinajstić information content (AvgIpc) is 2.57. The fraction of sp³-hybridized carbons (Fsp3) is 0.600. The second-order valence-corrected chi connectivity index (χ2v) is 3.67. The Bertz CT molecular complexity index is 344. The van der Waals surface area contributed by atoms with Gasteiger partial charge in [0.1, 0.15) is 5.82 Å². The monoisotopic (exact) mass is 211 g/mol. The Labute approximate surface area is 89.1 Å². The van der Waals surface area contributed by atoms with Crippen LogP contribution in [0.3, 0.4) is 0 Å². The summed E-state index contributed by atoms with van der Waals surface area (Å²) in [5.74, 6) is -0.211. The van der Waals surface area contributed by atoms with Gasteiger partial charge in [-0.1, -0.05) is 13.8 Å². The maximum Gasteiger partial charge on any atom is 0.356 e. The van der Waals surface area contributed by atoms with E-state index in [4.69, 9.17) is 5.11 Å². The number of aromatic nitrogens is 2. The number of rotatable bonds is 5. The molecule has 0 aromatic carbocycles. The first-order valence-corrected chi connectivity index (χ1v) is 5.07. The molecule has 0 bridgehead atoms. The lowest BCUT2D eigenvalue weighted by molar-refractivity contribution is 0.0691. The van der Waals surface area contributed by atoms with E-state index in [0.29, 0.717) is 12.6 Å². The van der Waals surface area contributed by atoms with Crippen molar-refractivity contribution in [1.82, 2.24) is 14.9 Å². The van der Waals surface area contributed by atoms with Gasteiger partial charge in [0.25, 0.3) is 0 Å². The molecule has 5 heteroatoms. The molecule has 0 radical (unpaired) electrons. The number of carbonyl (C=O) groups is 1. The second-order valence-electron chi connectivity index (χ2n) is 3.67. The molecular weight excluding hydrogens is 194 g/mol. The first-order chi connectivity index (χ1) is 7.04. The molecule has 1 aromatic heterocycles. The minimum Gasteiger partial charge on any atom is -0.476 e. The molecule has 1 heterocycles. The van der Waals surface area contributed by atoms with E-state index in [2.05, 4.69) is 10.3 Å². The van der Waals surface area contributed by atoms with Gasteiger partial charge < -0.3 is 15.0 Å². The SMILES string of the molecule is CCn1cc(C(=O)O)nc1CNC(C)C. The summed E-state index contributed by atoms with van der Waals surface area (Å²) in [7, 11) is 0. The van der Waals surface area contributed by atoms with Crippen molar-refractivity contribution in [3.05, 3.63) is 17.7 Å². The van der Waals surface area contributed by atoms with Gasteiger partial charge in [0.15, 0.2) is 5.69 Å². The molecule has 0 saturated heterocycles. The van der Waals surface area contributed by atoms with Gasteiger partial charge in [0.2, 0.25) is 0 Å². The van der Waals surface area contributed by atoms with Crippen LogP contribution in [0, 0.1) is 0 Å². The van der Waals surface area contributed by atoms with Crippen molar-refractivity contribution in [3.8, 4) is 0 Å². The van der Waals surface area contributed by atoms with Gasteiger partial charge in [-0.2, -0.15) is 0 Å². The summed E-state index contributed by atoms with van der Waals surface area (Å²) >= 11 is 0. The van der Waals surface area contributed by atoms with Crippen molar-refractivity contribution in [3.63, 3.8) is 0 Å². The number of imidazole rings is 1. The summed E-state index contributed by atoms with van der Waals surface area (Å²) in [6.45, 7) is 7.37. The van der Waals surface area contributed by atoms with E-state index in [1.807, 2.05) is 25.3 Å². The first-order valence-electron chi connectivity index (χ1n) is 5.07. The quantitative estimate of drug-likeness (QED) is 0.765. The van der Waals surface area contributed by atoms with E-state index in [-0.39, 0.29) is 5.69 Å². The molecule has 1 rings (SSSR count). The van der Waals surface area contributed by atoms with Crippen LogP contribution in [-0.4, -0.2) is 26.7 Å². The molecular formula is C10H17N3O2. The molecule has 0 aliphatic carbocycles. The maximum absolute atomic E-state index is 10.7. The number of hydrogen-bond donors (Lipinski definition) is 2. The zero-order chi connectivity index (χ0) is 11.4. The number of aromatic carboxylic acids is 1. The van der Waals surface area contributed by atoms with Crippen LogP contribution in [0.5, 0.6) is 0 Å². The van der Waals surface area contributed by atoms with Crippen LogP contribution in [0.15, 0.2) is 6.20 Å². The lowest BCUT2D eigenvalue weighted by Crippen LogP contribution is -2.23. The number of aryl methyl sites for hydroxylation is 1. The van der Waals surface area contributed by atoms with Crippen LogP contribution in [0.25, 0.3) is 0 Å². The number of hydrogen-bond acceptors (Lipinski definition) is 3. The summed E-state index contributed by atoms with van der Waals surface area (Å²) in [6.07, 6.45) is 1.57. The molecule has 0 spiro atoms. The van der Waals surface area contributed by atoms with Gasteiger partial charge in [-0.15, -0.1) is 0 Å². The lowest BCUT2D eigenvalue weighted by Gasteiger charge is -2.08. The fourth-order valence-electron chi connectivity index (χ4n) is 1.27. The van der Waals surface area contributed by atoms with Gasteiger partial charge in [-0.05, 0) is 6.92 Å².